The number of halogens is 1. The molecule has 1 aromatic carbocycles. The minimum absolute atomic E-state index is 0.168. The molecule has 1 saturated heterocycles. The average molecular weight is 389 g/mol. The maximum absolute atomic E-state index is 10.8. The Morgan fingerprint density at radius 3 is 2.75 bits per heavy atom. The number of nitrogens with zero attached hydrogens (tertiary/aromatic N) is 2. The second-order valence-electron chi connectivity index (χ2n) is 5.37. The van der Waals surface area contributed by atoms with Crippen LogP contribution < -0.4 is 5.32 Å². The second kappa shape index (κ2) is 7.21. The fourth-order valence-electron chi connectivity index (χ4n) is 2.41. The summed E-state index contributed by atoms with van der Waals surface area (Å²) >= 11 is 2.01. The summed E-state index contributed by atoms with van der Waals surface area (Å²) in [7, 11) is 0. The van der Waals surface area contributed by atoms with Gasteiger partial charge in [0.15, 0.2) is 0 Å². The standard InChI is InChI=1S/C14H20IN3O2/c1-11-4-7-17(8-5-11)9-6-16-12-2-3-14(18(19)20)13(15)10-12/h2-3,10-11,16H,4-9H2,1H3. The topological polar surface area (TPSA) is 58.4 Å². The van der Waals surface area contributed by atoms with E-state index in [-0.39, 0.29) is 10.6 Å². The van der Waals surface area contributed by atoms with Crippen LogP contribution in [0.4, 0.5) is 11.4 Å². The molecule has 0 unspecified atom stereocenters. The highest BCUT2D eigenvalue weighted by molar-refractivity contribution is 14.1. The maximum atomic E-state index is 10.8. The third-order valence-electron chi connectivity index (χ3n) is 3.78. The normalized spacial score (nSPS) is 17.1. The minimum atomic E-state index is -0.347. The number of nitro benzene ring substituents is 1. The molecule has 20 heavy (non-hydrogen) atoms. The summed E-state index contributed by atoms with van der Waals surface area (Å²) in [4.78, 5) is 12.9. The van der Waals surface area contributed by atoms with Gasteiger partial charge in [0.1, 0.15) is 0 Å². The van der Waals surface area contributed by atoms with E-state index >= 15 is 0 Å². The van der Waals surface area contributed by atoms with Crippen LogP contribution >= 0.6 is 22.6 Å². The van der Waals surface area contributed by atoms with Crippen LogP contribution in [0.25, 0.3) is 0 Å². The Morgan fingerprint density at radius 2 is 2.15 bits per heavy atom. The van der Waals surface area contributed by atoms with Gasteiger partial charge >= 0.3 is 0 Å². The summed E-state index contributed by atoms with van der Waals surface area (Å²) in [6, 6.07) is 5.17. The zero-order valence-corrected chi connectivity index (χ0v) is 13.8. The molecule has 1 aliphatic heterocycles. The number of likely N-dealkylation sites (tertiary alicyclic amines) is 1. The van der Waals surface area contributed by atoms with Gasteiger partial charge in [-0.1, -0.05) is 6.92 Å². The fraction of sp³-hybridized carbons (Fsp3) is 0.571. The largest absolute Gasteiger partial charge is 0.384 e. The predicted molar refractivity (Wildman–Crippen MR) is 89.1 cm³/mol. The molecule has 0 amide bonds. The van der Waals surface area contributed by atoms with Crippen LogP contribution in [0, 0.1) is 19.6 Å². The van der Waals surface area contributed by atoms with Crippen molar-refractivity contribution >= 4 is 34.0 Å². The van der Waals surface area contributed by atoms with Gasteiger partial charge in [0.2, 0.25) is 0 Å². The Labute approximate surface area is 133 Å². The average Bonchev–Trinajstić information content (AvgIpc) is 2.41. The van der Waals surface area contributed by atoms with Gasteiger partial charge in [0, 0.05) is 24.8 Å². The lowest BCUT2D eigenvalue weighted by Crippen LogP contribution is -2.36. The Hall–Kier alpha value is -0.890. The molecule has 0 spiro atoms. The molecule has 0 bridgehead atoms. The van der Waals surface area contributed by atoms with Crippen LogP contribution in [-0.4, -0.2) is 36.0 Å². The van der Waals surface area contributed by atoms with Crippen molar-refractivity contribution in [2.75, 3.05) is 31.5 Å². The molecule has 1 aromatic rings. The number of anilines is 1. The number of benzene rings is 1. The van der Waals surface area contributed by atoms with Gasteiger partial charge in [0.25, 0.3) is 5.69 Å². The number of nitro groups is 1. The molecule has 5 nitrogen and oxygen atoms in total. The van der Waals surface area contributed by atoms with Crippen LogP contribution in [-0.2, 0) is 0 Å². The molecular weight excluding hydrogens is 369 g/mol. The van der Waals surface area contributed by atoms with Crippen molar-refractivity contribution in [1.82, 2.24) is 4.90 Å². The molecule has 1 fully saturated rings. The zero-order chi connectivity index (χ0) is 14.5. The third-order valence-corrected chi connectivity index (χ3v) is 4.64. The summed E-state index contributed by atoms with van der Waals surface area (Å²) in [5.41, 5.74) is 1.12. The smallest absolute Gasteiger partial charge is 0.282 e. The van der Waals surface area contributed by atoms with Gasteiger partial charge in [-0.2, -0.15) is 0 Å². The molecule has 1 heterocycles. The van der Waals surface area contributed by atoms with E-state index in [4.69, 9.17) is 0 Å². The number of piperidine rings is 1. The fourth-order valence-corrected chi connectivity index (χ4v) is 3.12. The van der Waals surface area contributed by atoms with Crippen molar-refractivity contribution in [1.29, 1.82) is 0 Å². The molecule has 0 aliphatic carbocycles. The summed E-state index contributed by atoms with van der Waals surface area (Å²) in [6.45, 7) is 6.58. The molecular formula is C14H20IN3O2. The van der Waals surface area contributed by atoms with E-state index in [0.717, 1.165) is 24.7 Å². The lowest BCUT2D eigenvalue weighted by atomic mass is 9.99. The van der Waals surface area contributed by atoms with Crippen LogP contribution in [0.3, 0.4) is 0 Å². The van der Waals surface area contributed by atoms with Crippen molar-refractivity contribution < 1.29 is 4.92 Å². The number of hydrogen-bond donors (Lipinski definition) is 1. The summed E-state index contributed by atoms with van der Waals surface area (Å²) in [5.74, 6) is 0.857. The van der Waals surface area contributed by atoms with E-state index in [0.29, 0.717) is 3.57 Å². The maximum Gasteiger partial charge on any atom is 0.282 e. The SMILES string of the molecule is CC1CCN(CCNc2ccc([N+](=O)[O-])c(I)c2)CC1. The van der Waals surface area contributed by atoms with E-state index < -0.39 is 0 Å². The molecule has 0 aromatic heterocycles. The van der Waals surface area contributed by atoms with Crippen molar-refractivity contribution in [3.63, 3.8) is 0 Å². The monoisotopic (exact) mass is 389 g/mol. The van der Waals surface area contributed by atoms with Crippen LogP contribution in [0.2, 0.25) is 0 Å². The van der Waals surface area contributed by atoms with Gasteiger partial charge in [-0.05, 0) is 66.6 Å². The number of hydrogen-bond acceptors (Lipinski definition) is 4. The molecule has 0 saturated carbocycles. The molecule has 2 rings (SSSR count). The Morgan fingerprint density at radius 1 is 1.45 bits per heavy atom. The highest BCUT2D eigenvalue weighted by atomic mass is 127. The Kier molecular flexibility index (Phi) is 5.59. The Balaban J connectivity index is 1.79. The first kappa shape index (κ1) is 15.5. The van der Waals surface area contributed by atoms with Gasteiger partial charge < -0.3 is 10.2 Å². The second-order valence-corrected chi connectivity index (χ2v) is 6.54. The molecule has 6 heteroatoms. The molecule has 110 valence electrons. The summed E-state index contributed by atoms with van der Waals surface area (Å²) in [6.07, 6.45) is 2.57. The molecule has 1 aliphatic rings. The van der Waals surface area contributed by atoms with Crippen LogP contribution in [0.1, 0.15) is 19.8 Å². The number of rotatable bonds is 5. The lowest BCUT2D eigenvalue weighted by molar-refractivity contribution is -0.385. The Bertz CT molecular complexity index is 473. The predicted octanol–water partition coefficient (Wildman–Crippen LogP) is 3.34. The van der Waals surface area contributed by atoms with Crippen LogP contribution in [0.15, 0.2) is 18.2 Å². The summed E-state index contributed by atoms with van der Waals surface area (Å²) in [5, 5.41) is 14.1. The van der Waals surface area contributed by atoms with Gasteiger partial charge in [-0.3, -0.25) is 10.1 Å². The van der Waals surface area contributed by atoms with E-state index in [2.05, 4.69) is 17.1 Å². The van der Waals surface area contributed by atoms with E-state index in [9.17, 15) is 10.1 Å². The first-order valence-electron chi connectivity index (χ1n) is 6.96. The molecule has 0 radical (unpaired) electrons. The van der Waals surface area contributed by atoms with E-state index in [1.54, 1.807) is 12.1 Å². The lowest BCUT2D eigenvalue weighted by Gasteiger charge is -2.30. The highest BCUT2D eigenvalue weighted by Crippen LogP contribution is 2.24. The first-order valence-corrected chi connectivity index (χ1v) is 8.04. The zero-order valence-electron chi connectivity index (χ0n) is 11.6. The quantitative estimate of drug-likeness (QED) is 0.477. The van der Waals surface area contributed by atoms with Gasteiger partial charge in [0.05, 0.1) is 8.49 Å². The molecule has 1 N–H and O–H groups in total. The van der Waals surface area contributed by atoms with Gasteiger partial charge in [-0.15, -0.1) is 0 Å². The van der Waals surface area contributed by atoms with Crippen molar-refractivity contribution in [2.45, 2.75) is 19.8 Å². The summed E-state index contributed by atoms with van der Waals surface area (Å²) < 4.78 is 0.671. The molecule has 0 atom stereocenters. The van der Waals surface area contributed by atoms with Crippen molar-refractivity contribution in [3.05, 3.63) is 31.9 Å². The third kappa shape index (κ3) is 4.31. The highest BCUT2D eigenvalue weighted by Gasteiger charge is 2.15. The minimum Gasteiger partial charge on any atom is -0.384 e. The first-order chi connectivity index (χ1) is 9.56. The van der Waals surface area contributed by atoms with Crippen LogP contribution in [0.5, 0.6) is 0 Å². The van der Waals surface area contributed by atoms with E-state index in [1.165, 1.54) is 25.9 Å². The van der Waals surface area contributed by atoms with Crippen molar-refractivity contribution in [3.8, 4) is 0 Å². The van der Waals surface area contributed by atoms with Gasteiger partial charge in [-0.25, -0.2) is 0 Å². The van der Waals surface area contributed by atoms with Crippen molar-refractivity contribution in [2.24, 2.45) is 5.92 Å². The van der Waals surface area contributed by atoms with E-state index in [1.807, 2.05) is 28.7 Å². The number of nitrogens with one attached hydrogen (secondary N) is 1.